The van der Waals surface area contributed by atoms with E-state index in [9.17, 15) is 8.42 Å². The molecule has 1 aliphatic heterocycles. The van der Waals surface area contributed by atoms with Crippen LogP contribution in [0.25, 0.3) is 0 Å². The van der Waals surface area contributed by atoms with Gasteiger partial charge in [-0.15, -0.1) is 0 Å². The Bertz CT molecular complexity index is 606. The zero-order valence-electron chi connectivity index (χ0n) is 12.7. The van der Waals surface area contributed by atoms with Gasteiger partial charge in [0, 0.05) is 31.9 Å². The van der Waals surface area contributed by atoms with Gasteiger partial charge in [-0.1, -0.05) is 19.9 Å². The van der Waals surface area contributed by atoms with Crippen LogP contribution in [-0.2, 0) is 16.6 Å². The summed E-state index contributed by atoms with van der Waals surface area (Å²) in [5.74, 6) is 0. The Hall–Kier alpha value is -0.980. The highest BCUT2D eigenvalue weighted by atomic mass is 32.2. The first kappa shape index (κ1) is 14.9. The Balaban J connectivity index is 1.70. The van der Waals surface area contributed by atoms with Gasteiger partial charge in [-0.2, -0.15) is 4.31 Å². The van der Waals surface area contributed by atoms with Gasteiger partial charge in [0.1, 0.15) is 0 Å². The van der Waals surface area contributed by atoms with Gasteiger partial charge in [-0.05, 0) is 36.3 Å². The van der Waals surface area contributed by atoms with Crippen molar-refractivity contribution in [2.24, 2.45) is 5.41 Å². The highest BCUT2D eigenvalue weighted by molar-refractivity contribution is 7.89. The Morgan fingerprint density at radius 2 is 2.14 bits per heavy atom. The molecule has 2 fully saturated rings. The fraction of sp³-hybridized carbons (Fsp3) is 0.667. The zero-order chi connectivity index (χ0) is 15.1. The van der Waals surface area contributed by atoms with Crippen LogP contribution in [0.1, 0.15) is 38.7 Å². The second-order valence-electron chi connectivity index (χ2n) is 6.91. The number of hydrogen-bond donors (Lipinski definition) is 1. The molecule has 0 amide bonds. The lowest BCUT2D eigenvalue weighted by Crippen LogP contribution is -2.31. The van der Waals surface area contributed by atoms with Gasteiger partial charge >= 0.3 is 0 Å². The van der Waals surface area contributed by atoms with E-state index in [1.807, 2.05) is 6.07 Å². The predicted octanol–water partition coefficient (Wildman–Crippen LogP) is 1.75. The molecule has 1 aromatic heterocycles. The molecule has 1 N–H and O–H groups in total. The van der Waals surface area contributed by atoms with E-state index in [1.165, 1.54) is 12.8 Å². The molecular weight excluding hydrogens is 286 g/mol. The molecule has 0 spiro atoms. The summed E-state index contributed by atoms with van der Waals surface area (Å²) in [6, 6.07) is 4.13. The standard InChI is InChI=1S/C15H23N3O2S/c1-15(2)7-8-18(11-15)21(19,20)14-6-3-12(10-17-14)9-16-13-4-5-13/h3,6,10,13,16H,4-5,7-9,11H2,1-2H3. The highest BCUT2D eigenvalue weighted by Crippen LogP contribution is 2.32. The summed E-state index contributed by atoms with van der Waals surface area (Å²) in [7, 11) is -3.44. The molecule has 2 heterocycles. The average molecular weight is 309 g/mol. The normalized spacial score (nSPS) is 22.6. The summed E-state index contributed by atoms with van der Waals surface area (Å²) < 4.78 is 26.7. The Labute approximate surface area is 126 Å². The van der Waals surface area contributed by atoms with E-state index in [0.29, 0.717) is 19.1 Å². The molecule has 0 aromatic carbocycles. The second kappa shape index (κ2) is 5.34. The first-order chi connectivity index (χ1) is 9.87. The Kier molecular flexibility index (Phi) is 3.80. The third-order valence-corrected chi connectivity index (χ3v) is 5.98. The van der Waals surface area contributed by atoms with Crippen LogP contribution >= 0.6 is 0 Å². The fourth-order valence-electron chi connectivity index (χ4n) is 2.62. The van der Waals surface area contributed by atoms with Crippen LogP contribution in [-0.4, -0.2) is 36.8 Å². The van der Waals surface area contributed by atoms with Crippen LogP contribution in [0.15, 0.2) is 23.4 Å². The lowest BCUT2D eigenvalue weighted by atomic mass is 9.93. The van der Waals surface area contributed by atoms with Crippen molar-refractivity contribution in [1.29, 1.82) is 0 Å². The van der Waals surface area contributed by atoms with Crippen molar-refractivity contribution in [3.05, 3.63) is 23.9 Å². The van der Waals surface area contributed by atoms with Crippen molar-refractivity contribution in [3.63, 3.8) is 0 Å². The molecule has 6 heteroatoms. The van der Waals surface area contributed by atoms with Gasteiger partial charge in [0.05, 0.1) is 0 Å². The number of nitrogens with zero attached hydrogens (tertiary/aromatic N) is 2. The van der Waals surface area contributed by atoms with Gasteiger partial charge in [-0.3, -0.25) is 0 Å². The van der Waals surface area contributed by atoms with E-state index in [0.717, 1.165) is 18.5 Å². The first-order valence-electron chi connectivity index (χ1n) is 7.55. The quantitative estimate of drug-likeness (QED) is 0.900. The van der Waals surface area contributed by atoms with Crippen LogP contribution in [0, 0.1) is 5.41 Å². The number of rotatable bonds is 5. The summed E-state index contributed by atoms with van der Waals surface area (Å²) in [5.41, 5.74) is 1.09. The number of pyridine rings is 1. The molecule has 1 saturated heterocycles. The molecule has 116 valence electrons. The topological polar surface area (TPSA) is 62.3 Å². The molecule has 21 heavy (non-hydrogen) atoms. The maximum absolute atomic E-state index is 12.6. The van der Waals surface area contributed by atoms with Gasteiger partial charge in [0.25, 0.3) is 10.0 Å². The molecule has 0 radical (unpaired) electrons. The minimum absolute atomic E-state index is 0.0567. The third-order valence-electron chi connectivity index (χ3n) is 4.22. The van der Waals surface area contributed by atoms with E-state index < -0.39 is 10.0 Å². The van der Waals surface area contributed by atoms with Crippen molar-refractivity contribution in [1.82, 2.24) is 14.6 Å². The summed E-state index contributed by atoms with van der Waals surface area (Å²) >= 11 is 0. The summed E-state index contributed by atoms with van der Waals surface area (Å²) in [6.45, 7) is 6.12. The molecule has 0 bridgehead atoms. The maximum atomic E-state index is 12.6. The van der Waals surface area contributed by atoms with E-state index in [1.54, 1.807) is 16.6 Å². The average Bonchev–Trinajstić information content (AvgIpc) is 3.19. The van der Waals surface area contributed by atoms with E-state index in [-0.39, 0.29) is 10.4 Å². The van der Waals surface area contributed by atoms with Crippen LogP contribution in [0.4, 0.5) is 0 Å². The molecule has 0 unspecified atom stereocenters. The highest BCUT2D eigenvalue weighted by Gasteiger charge is 2.37. The zero-order valence-corrected chi connectivity index (χ0v) is 13.5. The summed E-state index contributed by atoms with van der Waals surface area (Å²) in [6.07, 6.45) is 5.05. The molecular formula is C15H23N3O2S. The maximum Gasteiger partial charge on any atom is 0.260 e. The van der Waals surface area contributed by atoms with E-state index >= 15 is 0 Å². The summed E-state index contributed by atoms with van der Waals surface area (Å²) in [5, 5.41) is 3.56. The van der Waals surface area contributed by atoms with Gasteiger partial charge in [-0.25, -0.2) is 13.4 Å². The van der Waals surface area contributed by atoms with Crippen LogP contribution < -0.4 is 5.32 Å². The number of hydrogen-bond acceptors (Lipinski definition) is 4. The lowest BCUT2D eigenvalue weighted by molar-refractivity contribution is 0.375. The second-order valence-corrected chi connectivity index (χ2v) is 8.80. The molecule has 3 rings (SSSR count). The van der Waals surface area contributed by atoms with Crippen LogP contribution in [0.2, 0.25) is 0 Å². The Morgan fingerprint density at radius 1 is 1.38 bits per heavy atom. The molecule has 1 aromatic rings. The SMILES string of the molecule is CC1(C)CCN(S(=O)(=O)c2ccc(CNC3CC3)cn2)C1. The van der Waals surface area contributed by atoms with Crippen LogP contribution in [0.5, 0.6) is 0 Å². The van der Waals surface area contributed by atoms with Crippen molar-refractivity contribution in [2.75, 3.05) is 13.1 Å². The first-order valence-corrected chi connectivity index (χ1v) is 8.99. The molecule has 1 saturated carbocycles. The largest absolute Gasteiger partial charge is 0.310 e. The summed E-state index contributed by atoms with van der Waals surface area (Å²) in [4.78, 5) is 4.17. The fourth-order valence-corrected chi connectivity index (χ4v) is 4.16. The van der Waals surface area contributed by atoms with Gasteiger partial charge in [0.2, 0.25) is 0 Å². The van der Waals surface area contributed by atoms with Crippen molar-refractivity contribution < 1.29 is 8.42 Å². The lowest BCUT2D eigenvalue weighted by Gasteiger charge is -2.19. The number of sulfonamides is 1. The van der Waals surface area contributed by atoms with E-state index in [2.05, 4.69) is 24.1 Å². The van der Waals surface area contributed by atoms with Crippen LogP contribution in [0.3, 0.4) is 0 Å². The number of nitrogens with one attached hydrogen (secondary N) is 1. The van der Waals surface area contributed by atoms with Gasteiger partial charge < -0.3 is 5.32 Å². The smallest absolute Gasteiger partial charge is 0.260 e. The van der Waals surface area contributed by atoms with Crippen molar-refractivity contribution >= 4 is 10.0 Å². The minimum Gasteiger partial charge on any atom is -0.310 e. The number of aromatic nitrogens is 1. The third kappa shape index (κ3) is 3.44. The van der Waals surface area contributed by atoms with Gasteiger partial charge in [0.15, 0.2) is 5.03 Å². The molecule has 2 aliphatic rings. The Morgan fingerprint density at radius 3 is 2.67 bits per heavy atom. The molecule has 5 nitrogen and oxygen atoms in total. The van der Waals surface area contributed by atoms with E-state index in [4.69, 9.17) is 0 Å². The van der Waals surface area contributed by atoms with Crippen molar-refractivity contribution in [3.8, 4) is 0 Å². The monoisotopic (exact) mass is 309 g/mol. The molecule has 0 atom stereocenters. The molecule has 1 aliphatic carbocycles. The predicted molar refractivity (Wildman–Crippen MR) is 81.3 cm³/mol. The minimum atomic E-state index is -3.44. The van der Waals surface area contributed by atoms with Crippen molar-refractivity contribution in [2.45, 2.75) is 50.7 Å².